The molecule has 1 atom stereocenters. The molecule has 1 saturated heterocycles. The molecule has 65 valence electrons. The van der Waals surface area contributed by atoms with Gasteiger partial charge in [-0.1, -0.05) is 0 Å². The van der Waals surface area contributed by atoms with Crippen molar-refractivity contribution in [3.8, 4) is 0 Å². The van der Waals surface area contributed by atoms with Gasteiger partial charge in [-0.25, -0.2) is 0 Å². The van der Waals surface area contributed by atoms with Crippen molar-refractivity contribution in [1.82, 2.24) is 4.90 Å². The molecule has 0 saturated carbocycles. The first-order valence-corrected chi connectivity index (χ1v) is 4.10. The summed E-state index contributed by atoms with van der Waals surface area (Å²) in [6.45, 7) is 7.70. The van der Waals surface area contributed by atoms with Gasteiger partial charge in [-0.2, -0.15) is 0 Å². The predicted octanol–water partition coefficient (Wildman–Crippen LogP) is -0.0963. The van der Waals surface area contributed by atoms with Crippen LogP contribution < -0.4 is 0 Å². The molecule has 1 N–H and O–H groups in total. The van der Waals surface area contributed by atoms with Crippen molar-refractivity contribution < 1.29 is 9.84 Å². The highest BCUT2D eigenvalue weighted by Crippen LogP contribution is 2.05. The predicted molar refractivity (Wildman–Crippen MR) is 43.2 cm³/mol. The summed E-state index contributed by atoms with van der Waals surface area (Å²) in [5.74, 6) is 0. The first kappa shape index (κ1) is 8.97. The van der Waals surface area contributed by atoms with Crippen LogP contribution in [0.25, 0.3) is 0 Å². The first-order chi connectivity index (χ1) is 5.34. The molecule has 0 amide bonds. The van der Waals surface area contributed by atoms with Crippen molar-refractivity contribution in [3.63, 3.8) is 0 Å². The SMILES string of the molecule is [CH2]C(CCO)N1CCOCC1. The summed E-state index contributed by atoms with van der Waals surface area (Å²) in [7, 11) is 0. The fourth-order valence-electron chi connectivity index (χ4n) is 1.27. The number of ether oxygens (including phenoxy) is 1. The number of morpholine rings is 1. The minimum absolute atomic E-state index is 0.228. The fraction of sp³-hybridized carbons (Fsp3) is 0.875. The Morgan fingerprint density at radius 2 is 2.09 bits per heavy atom. The number of hydrogen-bond acceptors (Lipinski definition) is 3. The monoisotopic (exact) mass is 158 g/mol. The molecule has 0 aromatic rings. The minimum atomic E-state index is 0.228. The van der Waals surface area contributed by atoms with E-state index in [1.165, 1.54) is 0 Å². The van der Waals surface area contributed by atoms with Crippen LogP contribution in [0.3, 0.4) is 0 Å². The van der Waals surface area contributed by atoms with E-state index in [2.05, 4.69) is 11.8 Å². The highest BCUT2D eigenvalue weighted by molar-refractivity contribution is 4.75. The lowest BCUT2D eigenvalue weighted by molar-refractivity contribution is 0.0207. The van der Waals surface area contributed by atoms with Gasteiger partial charge in [-0.3, -0.25) is 4.90 Å². The van der Waals surface area contributed by atoms with Gasteiger partial charge in [-0.05, 0) is 13.3 Å². The second-order valence-corrected chi connectivity index (χ2v) is 2.81. The molecule has 0 aliphatic carbocycles. The van der Waals surface area contributed by atoms with Gasteiger partial charge >= 0.3 is 0 Å². The summed E-state index contributed by atoms with van der Waals surface area (Å²) < 4.78 is 5.20. The van der Waals surface area contributed by atoms with E-state index in [1.807, 2.05) is 0 Å². The van der Waals surface area contributed by atoms with Crippen molar-refractivity contribution in [2.75, 3.05) is 32.9 Å². The van der Waals surface area contributed by atoms with Crippen LogP contribution >= 0.6 is 0 Å². The van der Waals surface area contributed by atoms with Crippen LogP contribution in [0.2, 0.25) is 0 Å². The van der Waals surface area contributed by atoms with Gasteiger partial charge in [0.15, 0.2) is 0 Å². The fourth-order valence-corrected chi connectivity index (χ4v) is 1.27. The highest BCUT2D eigenvalue weighted by Gasteiger charge is 2.15. The van der Waals surface area contributed by atoms with Crippen molar-refractivity contribution in [3.05, 3.63) is 6.92 Å². The van der Waals surface area contributed by atoms with Gasteiger partial charge in [0.2, 0.25) is 0 Å². The molecule has 1 aliphatic heterocycles. The molecule has 0 spiro atoms. The molecule has 11 heavy (non-hydrogen) atoms. The van der Waals surface area contributed by atoms with Crippen molar-refractivity contribution in [2.24, 2.45) is 0 Å². The standard InChI is InChI=1S/C8H16NO2/c1-8(2-5-10)9-3-6-11-7-4-9/h8,10H,1-7H2. The highest BCUT2D eigenvalue weighted by atomic mass is 16.5. The zero-order chi connectivity index (χ0) is 8.10. The third kappa shape index (κ3) is 2.77. The lowest BCUT2D eigenvalue weighted by Gasteiger charge is -2.31. The Bertz CT molecular complexity index is 102. The molecule has 1 rings (SSSR count). The molecule has 0 aromatic heterocycles. The maximum atomic E-state index is 8.67. The Morgan fingerprint density at radius 1 is 1.45 bits per heavy atom. The quantitative estimate of drug-likeness (QED) is 0.622. The Kier molecular flexibility index (Phi) is 3.83. The Balaban J connectivity index is 2.21. The summed E-state index contributed by atoms with van der Waals surface area (Å²) in [5.41, 5.74) is 0. The van der Waals surface area contributed by atoms with E-state index in [-0.39, 0.29) is 12.6 Å². The van der Waals surface area contributed by atoms with Crippen LogP contribution in [0, 0.1) is 6.92 Å². The summed E-state index contributed by atoms with van der Waals surface area (Å²) in [6.07, 6.45) is 0.764. The van der Waals surface area contributed by atoms with Gasteiger partial charge < -0.3 is 9.84 Å². The molecule has 1 aliphatic rings. The van der Waals surface area contributed by atoms with E-state index in [1.54, 1.807) is 0 Å². The van der Waals surface area contributed by atoms with Gasteiger partial charge in [0.05, 0.1) is 13.2 Å². The summed E-state index contributed by atoms with van der Waals surface area (Å²) >= 11 is 0. The Labute approximate surface area is 68.0 Å². The van der Waals surface area contributed by atoms with Crippen molar-refractivity contribution in [1.29, 1.82) is 0 Å². The van der Waals surface area contributed by atoms with Crippen LogP contribution in [-0.4, -0.2) is 49.0 Å². The maximum absolute atomic E-state index is 8.67. The summed E-state index contributed by atoms with van der Waals surface area (Å²) in [5, 5.41) is 8.67. The van der Waals surface area contributed by atoms with Gasteiger partial charge in [0.25, 0.3) is 0 Å². The zero-order valence-electron chi connectivity index (χ0n) is 6.83. The third-order valence-corrected chi connectivity index (χ3v) is 2.02. The maximum Gasteiger partial charge on any atom is 0.0594 e. The Hall–Kier alpha value is -0.120. The van der Waals surface area contributed by atoms with E-state index in [9.17, 15) is 0 Å². The molecule has 1 heterocycles. The summed E-state index contributed by atoms with van der Waals surface area (Å²) in [4.78, 5) is 2.25. The van der Waals surface area contributed by atoms with Crippen LogP contribution in [0.5, 0.6) is 0 Å². The molecular weight excluding hydrogens is 142 g/mol. The number of aliphatic hydroxyl groups excluding tert-OH is 1. The molecule has 3 nitrogen and oxygen atoms in total. The molecule has 0 bridgehead atoms. The van der Waals surface area contributed by atoms with Crippen LogP contribution in [0.4, 0.5) is 0 Å². The molecule has 1 unspecified atom stereocenters. The normalized spacial score (nSPS) is 23.5. The molecule has 1 radical (unpaired) electrons. The second-order valence-electron chi connectivity index (χ2n) is 2.81. The van der Waals surface area contributed by atoms with Crippen LogP contribution in [0.1, 0.15) is 6.42 Å². The van der Waals surface area contributed by atoms with E-state index in [4.69, 9.17) is 9.84 Å². The topological polar surface area (TPSA) is 32.7 Å². The largest absolute Gasteiger partial charge is 0.396 e. The van der Waals surface area contributed by atoms with E-state index in [0.29, 0.717) is 0 Å². The first-order valence-electron chi connectivity index (χ1n) is 4.10. The van der Waals surface area contributed by atoms with Crippen LogP contribution in [-0.2, 0) is 4.74 Å². The molecular formula is C8H16NO2. The average Bonchev–Trinajstić information content (AvgIpc) is 2.07. The van der Waals surface area contributed by atoms with E-state index >= 15 is 0 Å². The van der Waals surface area contributed by atoms with E-state index in [0.717, 1.165) is 32.7 Å². The molecule has 1 fully saturated rings. The number of nitrogens with zero attached hydrogens (tertiary/aromatic N) is 1. The van der Waals surface area contributed by atoms with Gasteiger partial charge in [0, 0.05) is 25.7 Å². The number of rotatable bonds is 3. The molecule has 3 heteroatoms. The second kappa shape index (κ2) is 4.70. The van der Waals surface area contributed by atoms with Crippen molar-refractivity contribution in [2.45, 2.75) is 12.5 Å². The zero-order valence-corrected chi connectivity index (χ0v) is 6.83. The van der Waals surface area contributed by atoms with Gasteiger partial charge in [-0.15, -0.1) is 0 Å². The van der Waals surface area contributed by atoms with Crippen molar-refractivity contribution >= 4 is 0 Å². The lowest BCUT2D eigenvalue weighted by Crippen LogP contribution is -2.42. The molecule has 0 aromatic carbocycles. The van der Waals surface area contributed by atoms with Crippen LogP contribution in [0.15, 0.2) is 0 Å². The van der Waals surface area contributed by atoms with E-state index < -0.39 is 0 Å². The lowest BCUT2D eigenvalue weighted by atomic mass is 10.2. The number of hydrogen-bond donors (Lipinski definition) is 1. The third-order valence-electron chi connectivity index (χ3n) is 2.02. The average molecular weight is 158 g/mol. The summed E-state index contributed by atoms with van der Waals surface area (Å²) in [6, 6.07) is 0.254. The van der Waals surface area contributed by atoms with Gasteiger partial charge in [0.1, 0.15) is 0 Å². The Morgan fingerprint density at radius 3 is 2.64 bits per heavy atom. The number of aliphatic hydroxyl groups is 1. The minimum Gasteiger partial charge on any atom is -0.396 e. The smallest absolute Gasteiger partial charge is 0.0594 e.